The van der Waals surface area contributed by atoms with Gasteiger partial charge in [0.2, 0.25) is 0 Å². The van der Waals surface area contributed by atoms with Gasteiger partial charge in [-0.05, 0) is 31.2 Å². The van der Waals surface area contributed by atoms with E-state index < -0.39 is 5.91 Å². The van der Waals surface area contributed by atoms with Gasteiger partial charge in [0, 0.05) is 6.54 Å². The Hall–Kier alpha value is -2.56. The number of carbonyl (C=O) groups excluding carboxylic acids is 1. The number of hydrogen-bond acceptors (Lipinski definition) is 3. The number of primary amides is 1. The number of nitrogen functional groups attached to an aromatic ring is 1. The van der Waals surface area contributed by atoms with Crippen molar-refractivity contribution in [2.24, 2.45) is 5.73 Å². The molecule has 4 N–H and O–H groups in total. The zero-order valence-electron chi connectivity index (χ0n) is 11.1. The van der Waals surface area contributed by atoms with Crippen LogP contribution in [0.5, 0.6) is 0 Å². The lowest BCUT2D eigenvalue weighted by Gasteiger charge is -2.25. The third-order valence-electron chi connectivity index (χ3n) is 3.10. The predicted octanol–water partition coefficient (Wildman–Crippen LogP) is 2.66. The number of carbonyl (C=O) groups is 1. The number of halogens is 1. The van der Waals surface area contributed by atoms with Crippen LogP contribution in [0.15, 0.2) is 42.5 Å². The maximum Gasteiger partial charge on any atom is 0.250 e. The van der Waals surface area contributed by atoms with Crippen molar-refractivity contribution in [3.05, 3.63) is 53.8 Å². The minimum Gasteiger partial charge on any atom is -0.396 e. The van der Waals surface area contributed by atoms with Gasteiger partial charge >= 0.3 is 0 Å². The first-order chi connectivity index (χ1) is 9.56. The highest BCUT2D eigenvalue weighted by Crippen LogP contribution is 2.33. The molecule has 2 aromatic carbocycles. The molecular formula is C15H16FN3O. The molecule has 2 rings (SSSR count). The van der Waals surface area contributed by atoms with Crippen LogP contribution in [0.25, 0.3) is 0 Å². The van der Waals surface area contributed by atoms with E-state index in [2.05, 4.69) is 0 Å². The van der Waals surface area contributed by atoms with Gasteiger partial charge in [0.05, 0.1) is 22.6 Å². The number of para-hydroxylation sites is 2. The SMILES string of the molecule is CCN(c1ccccc1F)c1cccc(C(N)=O)c1N. The number of nitrogens with zero attached hydrogens (tertiary/aromatic N) is 1. The lowest BCUT2D eigenvalue weighted by atomic mass is 10.1. The first kappa shape index (κ1) is 13.9. The average molecular weight is 273 g/mol. The molecule has 104 valence electrons. The van der Waals surface area contributed by atoms with Gasteiger partial charge in [0.1, 0.15) is 5.82 Å². The van der Waals surface area contributed by atoms with Gasteiger partial charge in [0.15, 0.2) is 0 Å². The molecule has 0 radical (unpaired) electrons. The van der Waals surface area contributed by atoms with Crippen molar-refractivity contribution in [2.45, 2.75) is 6.92 Å². The van der Waals surface area contributed by atoms with Crippen molar-refractivity contribution in [1.82, 2.24) is 0 Å². The van der Waals surface area contributed by atoms with Crippen LogP contribution in [-0.2, 0) is 0 Å². The highest BCUT2D eigenvalue weighted by molar-refractivity contribution is 6.01. The van der Waals surface area contributed by atoms with Gasteiger partial charge in [-0.2, -0.15) is 0 Å². The van der Waals surface area contributed by atoms with E-state index in [1.165, 1.54) is 6.07 Å². The molecule has 0 saturated carbocycles. The molecule has 1 amide bonds. The van der Waals surface area contributed by atoms with Gasteiger partial charge in [-0.15, -0.1) is 0 Å². The molecule has 0 fully saturated rings. The van der Waals surface area contributed by atoms with Gasteiger partial charge in [-0.3, -0.25) is 4.79 Å². The third kappa shape index (κ3) is 2.42. The fourth-order valence-corrected chi connectivity index (χ4v) is 2.14. The maximum atomic E-state index is 13.9. The van der Waals surface area contributed by atoms with Crippen LogP contribution < -0.4 is 16.4 Å². The lowest BCUT2D eigenvalue weighted by Crippen LogP contribution is -2.21. The van der Waals surface area contributed by atoms with E-state index in [9.17, 15) is 9.18 Å². The summed E-state index contributed by atoms with van der Waals surface area (Å²) < 4.78 is 13.9. The molecule has 0 aliphatic rings. The van der Waals surface area contributed by atoms with Crippen LogP contribution in [0.3, 0.4) is 0 Å². The Kier molecular flexibility index (Phi) is 3.89. The second-order valence-corrected chi connectivity index (χ2v) is 4.30. The summed E-state index contributed by atoms with van der Waals surface area (Å²) in [4.78, 5) is 13.0. The fraction of sp³-hybridized carbons (Fsp3) is 0.133. The first-order valence-corrected chi connectivity index (χ1v) is 6.26. The van der Waals surface area contributed by atoms with Crippen molar-refractivity contribution in [2.75, 3.05) is 17.2 Å². The number of anilines is 3. The zero-order chi connectivity index (χ0) is 14.7. The van der Waals surface area contributed by atoms with Gasteiger partial charge in [-0.1, -0.05) is 18.2 Å². The van der Waals surface area contributed by atoms with Gasteiger partial charge < -0.3 is 16.4 Å². The smallest absolute Gasteiger partial charge is 0.250 e. The molecule has 0 saturated heterocycles. The van der Waals surface area contributed by atoms with Crippen molar-refractivity contribution in [3.63, 3.8) is 0 Å². The van der Waals surface area contributed by atoms with Gasteiger partial charge in [0.25, 0.3) is 5.91 Å². The van der Waals surface area contributed by atoms with E-state index in [1.54, 1.807) is 41.3 Å². The molecule has 20 heavy (non-hydrogen) atoms. The molecule has 0 aromatic heterocycles. The molecule has 4 nitrogen and oxygen atoms in total. The summed E-state index contributed by atoms with van der Waals surface area (Å²) in [7, 11) is 0. The van der Waals surface area contributed by atoms with Crippen LogP contribution in [0.2, 0.25) is 0 Å². The summed E-state index contributed by atoms with van der Waals surface area (Å²) in [6, 6.07) is 11.4. The Morgan fingerprint density at radius 2 is 1.80 bits per heavy atom. The number of nitrogens with two attached hydrogens (primary N) is 2. The average Bonchev–Trinajstić information content (AvgIpc) is 2.43. The first-order valence-electron chi connectivity index (χ1n) is 6.26. The molecule has 0 atom stereocenters. The minimum atomic E-state index is -0.603. The van der Waals surface area contributed by atoms with Crippen molar-refractivity contribution >= 4 is 23.0 Å². The largest absolute Gasteiger partial charge is 0.396 e. The van der Waals surface area contributed by atoms with E-state index in [0.29, 0.717) is 17.9 Å². The molecular weight excluding hydrogens is 257 g/mol. The second kappa shape index (κ2) is 5.61. The molecule has 5 heteroatoms. The summed E-state index contributed by atoms with van der Waals surface area (Å²) in [6.45, 7) is 2.39. The minimum absolute atomic E-state index is 0.234. The van der Waals surface area contributed by atoms with E-state index in [0.717, 1.165) is 0 Å². The van der Waals surface area contributed by atoms with E-state index in [-0.39, 0.29) is 17.1 Å². The molecule has 2 aromatic rings. The topological polar surface area (TPSA) is 72.3 Å². The van der Waals surface area contributed by atoms with Crippen LogP contribution in [0.4, 0.5) is 21.5 Å². The van der Waals surface area contributed by atoms with Crippen LogP contribution >= 0.6 is 0 Å². The molecule has 0 aliphatic heterocycles. The Morgan fingerprint density at radius 3 is 2.40 bits per heavy atom. The van der Waals surface area contributed by atoms with Crippen LogP contribution in [-0.4, -0.2) is 12.5 Å². The Balaban J connectivity index is 2.56. The molecule has 0 bridgehead atoms. The monoisotopic (exact) mass is 273 g/mol. The summed E-state index contributed by atoms with van der Waals surface area (Å²) in [6.07, 6.45) is 0. The molecule has 0 unspecified atom stereocenters. The van der Waals surface area contributed by atoms with Crippen LogP contribution in [0, 0.1) is 5.82 Å². The van der Waals surface area contributed by atoms with Crippen molar-refractivity contribution in [3.8, 4) is 0 Å². The van der Waals surface area contributed by atoms with Gasteiger partial charge in [-0.25, -0.2) is 4.39 Å². The molecule has 0 spiro atoms. The summed E-state index contributed by atoms with van der Waals surface area (Å²) in [5.74, 6) is -0.952. The summed E-state index contributed by atoms with van der Waals surface area (Å²) >= 11 is 0. The third-order valence-corrected chi connectivity index (χ3v) is 3.10. The summed E-state index contributed by atoms with van der Waals surface area (Å²) in [5, 5.41) is 0. The Morgan fingerprint density at radius 1 is 1.15 bits per heavy atom. The molecule has 0 aliphatic carbocycles. The summed E-state index contributed by atoms with van der Waals surface area (Å²) in [5.41, 5.74) is 12.7. The number of benzene rings is 2. The number of rotatable bonds is 4. The molecule has 0 heterocycles. The quantitative estimate of drug-likeness (QED) is 0.841. The number of hydrogen-bond donors (Lipinski definition) is 2. The van der Waals surface area contributed by atoms with E-state index in [1.807, 2.05) is 6.92 Å². The van der Waals surface area contributed by atoms with Crippen LogP contribution in [0.1, 0.15) is 17.3 Å². The second-order valence-electron chi connectivity index (χ2n) is 4.30. The standard InChI is InChI=1S/C15H16FN3O/c1-2-19(12-8-4-3-7-11(12)16)13-9-5-6-10(14(13)17)15(18)20/h3-9H,2,17H2,1H3,(H2,18,20). The zero-order valence-corrected chi connectivity index (χ0v) is 11.1. The normalized spacial score (nSPS) is 10.3. The van der Waals surface area contributed by atoms with E-state index >= 15 is 0 Å². The highest BCUT2D eigenvalue weighted by atomic mass is 19.1. The van der Waals surface area contributed by atoms with E-state index in [4.69, 9.17) is 11.5 Å². The Bertz CT molecular complexity index is 643. The fourth-order valence-electron chi connectivity index (χ4n) is 2.14. The highest BCUT2D eigenvalue weighted by Gasteiger charge is 2.17. The van der Waals surface area contributed by atoms with Crippen molar-refractivity contribution in [1.29, 1.82) is 0 Å². The van der Waals surface area contributed by atoms with Crippen molar-refractivity contribution < 1.29 is 9.18 Å². The lowest BCUT2D eigenvalue weighted by molar-refractivity contribution is 0.100. The predicted molar refractivity (Wildman–Crippen MR) is 78.5 cm³/mol. The number of amides is 1. The Labute approximate surface area is 116 Å². The maximum absolute atomic E-state index is 13.9.